The summed E-state index contributed by atoms with van der Waals surface area (Å²) < 4.78 is 38.8. The molecule has 94 valence electrons. The zero-order valence-corrected chi connectivity index (χ0v) is 11.0. The number of rotatable bonds is 1. The molecule has 7 heteroatoms. The molecular weight excluding hydrogens is 332 g/mol. The van der Waals surface area contributed by atoms with Crippen molar-refractivity contribution in [3.8, 4) is 11.3 Å². The average molecular weight is 338 g/mol. The molecule has 0 saturated heterocycles. The standard InChI is InChI=1S/C11H5BrClF3N2/c12-7-3-1-6(2-4-7)9-5-8(11(14,15)16)10(13)18-17-9/h1-5H. The van der Waals surface area contributed by atoms with E-state index in [2.05, 4.69) is 26.1 Å². The normalized spacial score (nSPS) is 11.6. The molecule has 0 aliphatic carbocycles. The van der Waals surface area contributed by atoms with Crippen LogP contribution in [-0.2, 0) is 6.18 Å². The van der Waals surface area contributed by atoms with Crippen molar-refractivity contribution in [2.45, 2.75) is 6.18 Å². The van der Waals surface area contributed by atoms with Crippen molar-refractivity contribution >= 4 is 27.5 Å². The summed E-state index contributed by atoms with van der Waals surface area (Å²) in [4.78, 5) is 0. The van der Waals surface area contributed by atoms with Gasteiger partial charge in [-0.1, -0.05) is 39.7 Å². The molecule has 0 saturated carbocycles. The third-order valence-corrected chi connectivity index (χ3v) is 3.00. The van der Waals surface area contributed by atoms with Gasteiger partial charge in [0.2, 0.25) is 0 Å². The molecule has 0 aliphatic rings. The lowest BCUT2D eigenvalue weighted by Gasteiger charge is -2.09. The average Bonchev–Trinajstić information content (AvgIpc) is 2.29. The molecule has 2 rings (SSSR count). The van der Waals surface area contributed by atoms with Gasteiger partial charge in [0.25, 0.3) is 0 Å². The van der Waals surface area contributed by atoms with Crippen molar-refractivity contribution in [2.24, 2.45) is 0 Å². The lowest BCUT2D eigenvalue weighted by atomic mass is 10.1. The highest BCUT2D eigenvalue weighted by Crippen LogP contribution is 2.35. The number of aromatic nitrogens is 2. The molecule has 0 aliphatic heterocycles. The van der Waals surface area contributed by atoms with Crippen LogP contribution in [0.5, 0.6) is 0 Å². The number of nitrogens with zero attached hydrogens (tertiary/aromatic N) is 2. The molecule has 18 heavy (non-hydrogen) atoms. The van der Waals surface area contributed by atoms with Crippen LogP contribution in [0.25, 0.3) is 11.3 Å². The summed E-state index contributed by atoms with van der Waals surface area (Å²) in [6.07, 6.45) is -4.54. The molecule has 0 fully saturated rings. The van der Waals surface area contributed by atoms with Gasteiger partial charge >= 0.3 is 6.18 Å². The zero-order valence-electron chi connectivity index (χ0n) is 8.67. The summed E-state index contributed by atoms with van der Waals surface area (Å²) in [5, 5.41) is 6.33. The van der Waals surface area contributed by atoms with Crippen LogP contribution in [0.3, 0.4) is 0 Å². The first-order chi connectivity index (χ1) is 8.38. The third kappa shape index (κ3) is 2.81. The van der Waals surface area contributed by atoms with Gasteiger partial charge in [-0.15, -0.1) is 10.2 Å². The van der Waals surface area contributed by atoms with Crippen LogP contribution >= 0.6 is 27.5 Å². The first-order valence-electron chi connectivity index (χ1n) is 4.74. The van der Waals surface area contributed by atoms with E-state index in [0.717, 1.165) is 10.5 Å². The predicted octanol–water partition coefficient (Wildman–Crippen LogP) is 4.58. The second-order valence-electron chi connectivity index (χ2n) is 3.44. The smallest absolute Gasteiger partial charge is 0.166 e. The lowest BCUT2D eigenvalue weighted by molar-refractivity contribution is -0.137. The lowest BCUT2D eigenvalue weighted by Crippen LogP contribution is -2.08. The first kappa shape index (κ1) is 13.3. The maximum Gasteiger partial charge on any atom is 0.419 e. The molecule has 0 bridgehead atoms. The van der Waals surface area contributed by atoms with Crippen LogP contribution in [-0.4, -0.2) is 10.2 Å². The highest BCUT2D eigenvalue weighted by molar-refractivity contribution is 9.10. The Morgan fingerprint density at radius 1 is 1.06 bits per heavy atom. The van der Waals surface area contributed by atoms with Gasteiger partial charge in [0, 0.05) is 10.0 Å². The summed E-state index contributed by atoms with van der Waals surface area (Å²) >= 11 is 8.63. The fraction of sp³-hybridized carbons (Fsp3) is 0.0909. The van der Waals surface area contributed by atoms with E-state index in [-0.39, 0.29) is 5.69 Å². The summed E-state index contributed by atoms with van der Waals surface area (Å²) in [6.45, 7) is 0. The van der Waals surface area contributed by atoms with Crippen LogP contribution < -0.4 is 0 Å². The van der Waals surface area contributed by atoms with Crippen molar-refractivity contribution in [2.75, 3.05) is 0 Å². The minimum Gasteiger partial charge on any atom is -0.166 e. The molecule has 0 spiro atoms. The molecule has 0 N–H and O–H groups in total. The van der Waals surface area contributed by atoms with E-state index in [4.69, 9.17) is 11.6 Å². The van der Waals surface area contributed by atoms with Crippen LogP contribution in [0.1, 0.15) is 5.56 Å². The Balaban J connectivity index is 2.50. The monoisotopic (exact) mass is 336 g/mol. The molecule has 0 atom stereocenters. The minimum absolute atomic E-state index is 0.124. The van der Waals surface area contributed by atoms with E-state index >= 15 is 0 Å². The van der Waals surface area contributed by atoms with Gasteiger partial charge in [-0.05, 0) is 18.2 Å². The number of hydrogen-bond acceptors (Lipinski definition) is 2. The molecule has 2 aromatic rings. The maximum atomic E-state index is 12.6. The third-order valence-electron chi connectivity index (χ3n) is 2.19. The van der Waals surface area contributed by atoms with Gasteiger partial charge in [0.1, 0.15) is 0 Å². The maximum absolute atomic E-state index is 12.6. The van der Waals surface area contributed by atoms with Gasteiger partial charge < -0.3 is 0 Å². The predicted molar refractivity (Wildman–Crippen MR) is 65.2 cm³/mol. The van der Waals surface area contributed by atoms with Crippen LogP contribution in [0.2, 0.25) is 5.15 Å². The Bertz CT molecular complexity index is 569. The van der Waals surface area contributed by atoms with Crippen LogP contribution in [0.15, 0.2) is 34.8 Å². The van der Waals surface area contributed by atoms with E-state index in [1.165, 1.54) is 0 Å². The van der Waals surface area contributed by atoms with E-state index in [1.54, 1.807) is 24.3 Å². The van der Waals surface area contributed by atoms with Crippen molar-refractivity contribution < 1.29 is 13.2 Å². The van der Waals surface area contributed by atoms with Crippen molar-refractivity contribution in [3.63, 3.8) is 0 Å². The van der Waals surface area contributed by atoms with Crippen molar-refractivity contribution in [3.05, 3.63) is 45.5 Å². The van der Waals surface area contributed by atoms with E-state index in [1.807, 2.05) is 0 Å². The quantitative estimate of drug-likeness (QED) is 0.761. The van der Waals surface area contributed by atoms with Crippen molar-refractivity contribution in [1.29, 1.82) is 0 Å². The summed E-state index contributed by atoms with van der Waals surface area (Å²) in [6, 6.07) is 7.58. The molecular formula is C11H5BrClF3N2. The Labute approximate surface area is 114 Å². The molecule has 1 heterocycles. The summed E-state index contributed by atoms with van der Waals surface area (Å²) in [7, 11) is 0. The second kappa shape index (κ2) is 4.85. The number of halogens is 5. The highest BCUT2D eigenvalue weighted by Gasteiger charge is 2.34. The Hall–Kier alpha value is -1.14. The van der Waals surface area contributed by atoms with Gasteiger partial charge in [0.05, 0.1) is 11.3 Å². The Morgan fingerprint density at radius 3 is 2.22 bits per heavy atom. The van der Waals surface area contributed by atoms with Gasteiger partial charge in [-0.3, -0.25) is 0 Å². The minimum atomic E-state index is -4.54. The molecule has 1 aromatic heterocycles. The fourth-order valence-corrected chi connectivity index (χ4v) is 1.80. The summed E-state index contributed by atoms with van der Waals surface area (Å²) in [5.41, 5.74) is -0.329. The number of hydrogen-bond donors (Lipinski definition) is 0. The molecule has 0 unspecified atom stereocenters. The van der Waals surface area contributed by atoms with Crippen LogP contribution in [0.4, 0.5) is 13.2 Å². The van der Waals surface area contributed by atoms with Crippen LogP contribution in [0, 0.1) is 0 Å². The zero-order chi connectivity index (χ0) is 13.3. The highest BCUT2D eigenvalue weighted by atomic mass is 79.9. The summed E-state index contributed by atoms with van der Waals surface area (Å²) in [5.74, 6) is 0. The molecule has 0 amide bonds. The molecule has 1 aromatic carbocycles. The van der Waals surface area contributed by atoms with Gasteiger partial charge in [0.15, 0.2) is 5.15 Å². The SMILES string of the molecule is FC(F)(F)c1cc(-c2ccc(Br)cc2)nnc1Cl. The second-order valence-corrected chi connectivity index (χ2v) is 4.71. The topological polar surface area (TPSA) is 25.8 Å². The van der Waals surface area contributed by atoms with Gasteiger partial charge in [-0.2, -0.15) is 13.2 Å². The largest absolute Gasteiger partial charge is 0.419 e. The molecule has 2 nitrogen and oxygen atoms in total. The van der Waals surface area contributed by atoms with E-state index < -0.39 is 16.9 Å². The Kier molecular flexibility index (Phi) is 3.59. The molecule has 0 radical (unpaired) electrons. The van der Waals surface area contributed by atoms with E-state index in [9.17, 15) is 13.2 Å². The van der Waals surface area contributed by atoms with Gasteiger partial charge in [-0.25, -0.2) is 0 Å². The number of benzene rings is 1. The fourth-order valence-electron chi connectivity index (χ4n) is 1.34. The number of alkyl halides is 3. The van der Waals surface area contributed by atoms with Crippen molar-refractivity contribution in [1.82, 2.24) is 10.2 Å². The Morgan fingerprint density at radius 2 is 1.67 bits per heavy atom. The van der Waals surface area contributed by atoms with E-state index in [0.29, 0.717) is 5.56 Å². The first-order valence-corrected chi connectivity index (χ1v) is 5.91.